The van der Waals surface area contributed by atoms with Gasteiger partial charge in [-0.15, -0.1) is 11.7 Å². The van der Waals surface area contributed by atoms with Crippen LogP contribution in [0.15, 0.2) is 65.8 Å². The predicted octanol–water partition coefficient (Wildman–Crippen LogP) is 3.83. The van der Waals surface area contributed by atoms with Gasteiger partial charge in [0.25, 0.3) is 0 Å². The molecule has 0 spiro atoms. The van der Waals surface area contributed by atoms with Crippen molar-refractivity contribution in [1.29, 1.82) is 0 Å². The molecule has 0 radical (unpaired) electrons. The zero-order valence-electron chi connectivity index (χ0n) is 24.2. The van der Waals surface area contributed by atoms with E-state index in [2.05, 4.69) is 43.6 Å². The second kappa shape index (κ2) is 14.4. The Bertz CT molecular complexity index is 1400. The highest BCUT2D eigenvalue weighted by atomic mass is 16.5. The molecule has 1 amide bonds. The second-order valence-corrected chi connectivity index (χ2v) is 9.40. The summed E-state index contributed by atoms with van der Waals surface area (Å²) in [6.45, 7) is 15.7. The molecule has 2 N–H and O–H groups in total. The van der Waals surface area contributed by atoms with Crippen LogP contribution in [0.2, 0.25) is 0 Å². The summed E-state index contributed by atoms with van der Waals surface area (Å²) >= 11 is 0. The molecule has 218 valence electrons. The van der Waals surface area contributed by atoms with Gasteiger partial charge in [-0.3, -0.25) is 9.69 Å². The fraction of sp³-hybridized carbons (Fsp3) is 0.400. The van der Waals surface area contributed by atoms with E-state index in [-0.39, 0.29) is 11.9 Å². The summed E-state index contributed by atoms with van der Waals surface area (Å²) in [7, 11) is 0. The molecular formula is C30H40N8O3. The number of ether oxygens (including phenoxy) is 1. The van der Waals surface area contributed by atoms with Crippen LogP contribution in [0.5, 0.6) is 0 Å². The van der Waals surface area contributed by atoms with Crippen LogP contribution in [-0.2, 0) is 9.53 Å². The van der Waals surface area contributed by atoms with Gasteiger partial charge in [0.05, 0.1) is 31.7 Å². The molecule has 41 heavy (non-hydrogen) atoms. The molecule has 0 saturated carbocycles. The number of nitrogen functional groups attached to an aromatic ring is 1. The molecule has 4 aromatic rings. The highest BCUT2D eigenvalue weighted by Gasteiger charge is 2.24. The van der Waals surface area contributed by atoms with Crippen molar-refractivity contribution in [2.24, 2.45) is 0 Å². The van der Waals surface area contributed by atoms with Crippen LogP contribution in [-0.4, -0.2) is 94.3 Å². The number of amides is 1. The van der Waals surface area contributed by atoms with E-state index in [1.54, 1.807) is 24.5 Å². The number of nitrogens with two attached hydrogens (primary N) is 1. The van der Waals surface area contributed by atoms with Crippen molar-refractivity contribution >= 4 is 23.2 Å². The van der Waals surface area contributed by atoms with E-state index in [0.29, 0.717) is 50.1 Å². The number of anilines is 2. The van der Waals surface area contributed by atoms with Crippen LogP contribution >= 0.6 is 0 Å². The first-order chi connectivity index (χ1) is 20.1. The van der Waals surface area contributed by atoms with Gasteiger partial charge in [0.2, 0.25) is 17.7 Å². The fourth-order valence-electron chi connectivity index (χ4n) is 4.70. The van der Waals surface area contributed by atoms with Crippen molar-refractivity contribution in [3.63, 3.8) is 0 Å². The van der Waals surface area contributed by atoms with Crippen molar-refractivity contribution in [3.8, 4) is 22.8 Å². The monoisotopic (exact) mass is 560 g/mol. The zero-order valence-corrected chi connectivity index (χ0v) is 24.2. The topological polar surface area (TPSA) is 118 Å². The average Bonchev–Trinajstić information content (AvgIpc) is 3.70. The van der Waals surface area contributed by atoms with Gasteiger partial charge in [-0.05, 0) is 31.2 Å². The van der Waals surface area contributed by atoms with Crippen LogP contribution < -0.4 is 10.6 Å². The third-order valence-electron chi connectivity index (χ3n) is 6.69. The molecule has 0 unspecified atom stereocenters. The molecule has 0 bridgehead atoms. The molecule has 1 aromatic carbocycles. The molecule has 2 aliphatic heterocycles. The van der Waals surface area contributed by atoms with Crippen molar-refractivity contribution in [2.75, 3.05) is 69.7 Å². The standard InChI is InChI=1S/C25H28N8O3.C3H6.C2H6/c26-25-27-20(16-22-28-24(29-33(22)25)21-5-2-12-36-21)18-3-1-4-19(15-18)31-6-8-32(9-7-31)23(34)17-30-10-13-35-14-11-30;1-3-2;1-2/h1-5,12,15-16H,6-11,13-14,17H2,(H2,26,27);3H,1H2,2H3;1-2H3. The summed E-state index contributed by atoms with van der Waals surface area (Å²) < 4.78 is 12.3. The van der Waals surface area contributed by atoms with Gasteiger partial charge >= 0.3 is 0 Å². The van der Waals surface area contributed by atoms with E-state index in [1.165, 1.54) is 4.52 Å². The third kappa shape index (κ3) is 7.30. The zero-order chi connectivity index (χ0) is 29.2. The lowest BCUT2D eigenvalue weighted by Crippen LogP contribution is -2.52. The Balaban J connectivity index is 0.000000728. The summed E-state index contributed by atoms with van der Waals surface area (Å²) in [6, 6.07) is 13.7. The van der Waals surface area contributed by atoms with Crippen LogP contribution in [0.25, 0.3) is 28.5 Å². The number of allylic oxidation sites excluding steroid dienone is 1. The van der Waals surface area contributed by atoms with Gasteiger partial charge < -0.3 is 24.7 Å². The molecule has 3 aromatic heterocycles. The Morgan fingerprint density at radius 2 is 1.76 bits per heavy atom. The lowest BCUT2D eigenvalue weighted by molar-refractivity contribution is -0.133. The number of hydrogen-bond donors (Lipinski definition) is 1. The number of benzene rings is 1. The Morgan fingerprint density at radius 3 is 2.44 bits per heavy atom. The molecule has 11 nitrogen and oxygen atoms in total. The minimum atomic E-state index is 0.195. The fourth-order valence-corrected chi connectivity index (χ4v) is 4.70. The third-order valence-corrected chi connectivity index (χ3v) is 6.69. The number of piperazine rings is 1. The number of nitrogens with zero attached hydrogens (tertiary/aromatic N) is 7. The second-order valence-electron chi connectivity index (χ2n) is 9.40. The molecule has 2 saturated heterocycles. The van der Waals surface area contributed by atoms with Crippen molar-refractivity contribution in [2.45, 2.75) is 20.8 Å². The molecule has 6 rings (SSSR count). The molecule has 0 aliphatic carbocycles. The van der Waals surface area contributed by atoms with Gasteiger partial charge in [-0.1, -0.05) is 32.1 Å². The quantitative estimate of drug-likeness (QED) is 0.363. The number of hydrogen-bond acceptors (Lipinski definition) is 9. The van der Waals surface area contributed by atoms with Crippen molar-refractivity contribution in [1.82, 2.24) is 29.4 Å². The smallest absolute Gasteiger partial charge is 0.236 e. The summed E-state index contributed by atoms with van der Waals surface area (Å²) in [5.41, 5.74) is 9.56. The van der Waals surface area contributed by atoms with Crippen LogP contribution in [0.3, 0.4) is 0 Å². The lowest BCUT2D eigenvalue weighted by atomic mass is 10.1. The lowest BCUT2D eigenvalue weighted by Gasteiger charge is -2.37. The largest absolute Gasteiger partial charge is 0.461 e. The SMILES string of the molecule is C=CC.CC.Nc1nc(-c2cccc(N3CCN(C(=O)CN4CCOCC4)CC3)c2)cc2nc(-c3ccco3)nn12. The van der Waals surface area contributed by atoms with Gasteiger partial charge in [0, 0.05) is 56.6 Å². The maximum absolute atomic E-state index is 12.8. The van der Waals surface area contributed by atoms with E-state index in [0.717, 1.165) is 43.1 Å². The number of furan rings is 1. The first-order valence-corrected chi connectivity index (χ1v) is 14.1. The Labute approximate surface area is 241 Å². The predicted molar refractivity (Wildman–Crippen MR) is 162 cm³/mol. The van der Waals surface area contributed by atoms with Crippen LogP contribution in [0.1, 0.15) is 20.8 Å². The van der Waals surface area contributed by atoms with E-state index in [1.807, 2.05) is 43.9 Å². The molecule has 2 aliphatic rings. The number of carbonyl (C=O) groups excluding carboxylic acids is 1. The minimum Gasteiger partial charge on any atom is -0.461 e. The summed E-state index contributed by atoms with van der Waals surface area (Å²) in [5, 5.41) is 4.41. The van der Waals surface area contributed by atoms with Gasteiger partial charge in [0.1, 0.15) is 0 Å². The number of carbonyl (C=O) groups is 1. The van der Waals surface area contributed by atoms with Gasteiger partial charge in [-0.2, -0.15) is 4.52 Å². The molecule has 5 heterocycles. The highest BCUT2D eigenvalue weighted by Crippen LogP contribution is 2.27. The minimum absolute atomic E-state index is 0.195. The maximum Gasteiger partial charge on any atom is 0.236 e. The molecule has 2 fully saturated rings. The van der Waals surface area contributed by atoms with Gasteiger partial charge in [0.15, 0.2) is 11.4 Å². The first kappa shape index (κ1) is 29.8. The van der Waals surface area contributed by atoms with Gasteiger partial charge in [-0.25, -0.2) is 9.97 Å². The molecule has 11 heteroatoms. The Hall–Kier alpha value is -4.22. The number of aromatic nitrogens is 4. The van der Waals surface area contributed by atoms with Crippen LogP contribution in [0.4, 0.5) is 11.6 Å². The number of rotatable bonds is 5. The maximum atomic E-state index is 12.8. The molecular weight excluding hydrogens is 520 g/mol. The Morgan fingerprint density at radius 1 is 1.02 bits per heavy atom. The molecule has 0 atom stereocenters. The van der Waals surface area contributed by atoms with E-state index in [4.69, 9.17) is 14.9 Å². The Kier molecular flexibility index (Phi) is 10.5. The summed E-state index contributed by atoms with van der Waals surface area (Å²) in [4.78, 5) is 28.3. The highest BCUT2D eigenvalue weighted by molar-refractivity contribution is 5.78. The summed E-state index contributed by atoms with van der Waals surface area (Å²) in [6.07, 6.45) is 3.33. The van der Waals surface area contributed by atoms with Crippen molar-refractivity contribution in [3.05, 3.63) is 61.4 Å². The number of fused-ring (bicyclic) bond motifs is 1. The average molecular weight is 561 g/mol. The van der Waals surface area contributed by atoms with Crippen molar-refractivity contribution < 1.29 is 13.9 Å². The van der Waals surface area contributed by atoms with E-state index >= 15 is 0 Å². The van der Waals surface area contributed by atoms with E-state index < -0.39 is 0 Å². The normalized spacial score (nSPS) is 15.5. The summed E-state index contributed by atoms with van der Waals surface area (Å²) in [5.74, 6) is 1.48. The van der Waals surface area contributed by atoms with E-state index in [9.17, 15) is 4.79 Å². The first-order valence-electron chi connectivity index (χ1n) is 14.1. The van der Waals surface area contributed by atoms with Crippen LogP contribution in [0, 0.1) is 0 Å². The number of morpholine rings is 1.